The SMILES string of the molecule is O=C(N[C@H](C(=O)N1CCC[C@H]1c1ncc(-c2ccc(-c3ccccc3)cc2)[nH]1)c1ccccc1)C1CCCO1. The molecule has 1 aromatic heterocycles. The molecular formula is C32H32N4O3. The highest BCUT2D eigenvalue weighted by Crippen LogP contribution is 2.34. The number of carbonyl (C=O) groups excluding carboxylic acids is 2. The highest BCUT2D eigenvalue weighted by atomic mass is 16.5. The second-order valence-corrected chi connectivity index (χ2v) is 10.2. The van der Waals surface area contributed by atoms with E-state index in [2.05, 4.69) is 51.7 Å². The fourth-order valence-corrected chi connectivity index (χ4v) is 5.56. The number of nitrogens with one attached hydrogen (secondary N) is 2. The zero-order valence-electron chi connectivity index (χ0n) is 21.8. The molecule has 2 aliphatic heterocycles. The normalized spacial score (nSPS) is 19.6. The van der Waals surface area contributed by atoms with Crippen LogP contribution in [-0.2, 0) is 14.3 Å². The van der Waals surface area contributed by atoms with Gasteiger partial charge < -0.3 is 19.9 Å². The molecule has 2 fully saturated rings. The summed E-state index contributed by atoms with van der Waals surface area (Å²) < 4.78 is 5.57. The van der Waals surface area contributed by atoms with E-state index in [-0.39, 0.29) is 17.9 Å². The molecule has 198 valence electrons. The summed E-state index contributed by atoms with van der Waals surface area (Å²) in [6, 6.07) is 27.2. The number of carbonyl (C=O) groups is 2. The van der Waals surface area contributed by atoms with Crippen molar-refractivity contribution >= 4 is 11.8 Å². The fourth-order valence-electron chi connectivity index (χ4n) is 5.56. The van der Waals surface area contributed by atoms with Gasteiger partial charge in [0, 0.05) is 13.2 Å². The van der Waals surface area contributed by atoms with Gasteiger partial charge in [-0.05, 0) is 47.9 Å². The summed E-state index contributed by atoms with van der Waals surface area (Å²) in [5.74, 6) is 0.408. The number of benzene rings is 3. The van der Waals surface area contributed by atoms with Gasteiger partial charge in [-0.2, -0.15) is 0 Å². The van der Waals surface area contributed by atoms with Crippen LogP contribution < -0.4 is 5.32 Å². The van der Waals surface area contributed by atoms with Gasteiger partial charge >= 0.3 is 0 Å². The Bertz CT molecular complexity index is 1410. The van der Waals surface area contributed by atoms with E-state index in [9.17, 15) is 9.59 Å². The fraction of sp³-hybridized carbons (Fsp3) is 0.281. The number of likely N-dealkylation sites (tertiary alicyclic amines) is 1. The van der Waals surface area contributed by atoms with E-state index in [4.69, 9.17) is 4.74 Å². The number of amides is 2. The summed E-state index contributed by atoms with van der Waals surface area (Å²) in [5, 5.41) is 2.99. The van der Waals surface area contributed by atoms with Crippen molar-refractivity contribution in [1.29, 1.82) is 0 Å². The van der Waals surface area contributed by atoms with E-state index in [1.165, 1.54) is 5.56 Å². The summed E-state index contributed by atoms with van der Waals surface area (Å²) in [4.78, 5) is 36.9. The number of aromatic amines is 1. The van der Waals surface area contributed by atoms with Crippen LogP contribution in [0.15, 0.2) is 91.1 Å². The molecule has 3 aromatic carbocycles. The molecule has 2 N–H and O–H groups in total. The number of nitrogens with zero attached hydrogens (tertiary/aromatic N) is 2. The maximum atomic E-state index is 14.0. The molecule has 0 bridgehead atoms. The van der Waals surface area contributed by atoms with Gasteiger partial charge in [0.25, 0.3) is 0 Å². The Morgan fingerprint density at radius 2 is 1.56 bits per heavy atom. The van der Waals surface area contributed by atoms with Crippen LogP contribution in [0.4, 0.5) is 0 Å². The molecule has 2 aliphatic rings. The standard InChI is InChI=1S/C32H32N4O3/c37-31(28-14-8-20-39-28)35-29(25-11-5-2-6-12-25)32(38)36-19-7-13-27(36)30-33-21-26(34-30)24-17-15-23(16-18-24)22-9-3-1-4-10-22/h1-6,9-12,15-18,21,27-29H,7-8,13-14,19-20H2,(H,33,34)(H,35,37)/t27-,28?,29-/m0/s1. The third kappa shape index (κ3) is 5.36. The number of hydrogen-bond acceptors (Lipinski definition) is 4. The van der Waals surface area contributed by atoms with E-state index in [0.29, 0.717) is 19.6 Å². The monoisotopic (exact) mass is 520 g/mol. The number of rotatable bonds is 7. The van der Waals surface area contributed by atoms with Gasteiger partial charge in [0.1, 0.15) is 18.0 Å². The highest BCUT2D eigenvalue weighted by Gasteiger charge is 2.38. The molecule has 3 heterocycles. The minimum Gasteiger partial charge on any atom is -0.368 e. The highest BCUT2D eigenvalue weighted by molar-refractivity contribution is 5.90. The van der Waals surface area contributed by atoms with Crippen LogP contribution in [0.3, 0.4) is 0 Å². The first-order chi connectivity index (χ1) is 19.2. The Balaban J connectivity index is 1.21. The van der Waals surface area contributed by atoms with E-state index >= 15 is 0 Å². The summed E-state index contributed by atoms with van der Waals surface area (Å²) in [7, 11) is 0. The second-order valence-electron chi connectivity index (χ2n) is 10.2. The number of H-pyrrole nitrogens is 1. The largest absolute Gasteiger partial charge is 0.368 e. The molecule has 2 amide bonds. The Kier molecular flexibility index (Phi) is 7.23. The van der Waals surface area contributed by atoms with Crippen molar-refractivity contribution < 1.29 is 14.3 Å². The van der Waals surface area contributed by atoms with Gasteiger partial charge in [0.15, 0.2) is 0 Å². The minimum absolute atomic E-state index is 0.125. The molecule has 6 rings (SSSR count). The molecule has 7 nitrogen and oxygen atoms in total. The van der Waals surface area contributed by atoms with Gasteiger partial charge in [-0.15, -0.1) is 0 Å². The van der Waals surface area contributed by atoms with Crippen LogP contribution >= 0.6 is 0 Å². The predicted molar refractivity (Wildman–Crippen MR) is 149 cm³/mol. The van der Waals surface area contributed by atoms with Gasteiger partial charge in [0.2, 0.25) is 11.8 Å². The third-order valence-corrected chi connectivity index (χ3v) is 7.64. The molecule has 0 radical (unpaired) electrons. The molecule has 39 heavy (non-hydrogen) atoms. The molecule has 1 unspecified atom stereocenters. The average Bonchev–Trinajstić information content (AvgIpc) is 3.79. The van der Waals surface area contributed by atoms with Gasteiger partial charge in [0.05, 0.1) is 17.9 Å². The molecule has 4 aromatic rings. The van der Waals surface area contributed by atoms with Crippen LogP contribution in [0.2, 0.25) is 0 Å². The number of hydrogen-bond donors (Lipinski definition) is 2. The van der Waals surface area contributed by atoms with Crippen LogP contribution in [0.5, 0.6) is 0 Å². The van der Waals surface area contributed by atoms with Crippen molar-refractivity contribution in [1.82, 2.24) is 20.2 Å². The lowest BCUT2D eigenvalue weighted by molar-refractivity contribution is -0.140. The topological polar surface area (TPSA) is 87.3 Å². The van der Waals surface area contributed by atoms with Crippen molar-refractivity contribution in [2.75, 3.05) is 13.2 Å². The quantitative estimate of drug-likeness (QED) is 0.340. The second kappa shape index (κ2) is 11.3. The summed E-state index contributed by atoms with van der Waals surface area (Å²) in [6.45, 7) is 1.19. The third-order valence-electron chi connectivity index (χ3n) is 7.64. The summed E-state index contributed by atoms with van der Waals surface area (Å²) in [5.41, 5.74) is 5.04. The lowest BCUT2D eigenvalue weighted by atomic mass is 10.0. The van der Waals surface area contributed by atoms with E-state index in [0.717, 1.165) is 47.5 Å². The number of aromatic nitrogens is 2. The van der Waals surface area contributed by atoms with E-state index in [1.54, 1.807) is 0 Å². The molecule has 0 aliphatic carbocycles. The van der Waals surface area contributed by atoms with Gasteiger partial charge in [-0.1, -0.05) is 84.9 Å². The smallest absolute Gasteiger partial charge is 0.250 e. The predicted octanol–water partition coefficient (Wildman–Crippen LogP) is 5.44. The van der Waals surface area contributed by atoms with Gasteiger partial charge in [-0.25, -0.2) is 4.98 Å². The van der Waals surface area contributed by atoms with Crippen molar-refractivity contribution in [3.8, 4) is 22.4 Å². The van der Waals surface area contributed by atoms with Crippen molar-refractivity contribution in [3.63, 3.8) is 0 Å². The van der Waals surface area contributed by atoms with E-state index < -0.39 is 12.1 Å². The van der Waals surface area contributed by atoms with Crippen LogP contribution in [0.1, 0.15) is 49.2 Å². The Morgan fingerprint density at radius 1 is 0.872 bits per heavy atom. The van der Waals surface area contributed by atoms with Crippen molar-refractivity contribution in [2.45, 2.75) is 43.9 Å². The van der Waals surface area contributed by atoms with Crippen LogP contribution in [-0.4, -0.2) is 45.9 Å². The van der Waals surface area contributed by atoms with Crippen molar-refractivity contribution in [2.24, 2.45) is 0 Å². The maximum Gasteiger partial charge on any atom is 0.250 e. The zero-order chi connectivity index (χ0) is 26.6. The summed E-state index contributed by atoms with van der Waals surface area (Å²) >= 11 is 0. The lowest BCUT2D eigenvalue weighted by Gasteiger charge is -2.29. The van der Waals surface area contributed by atoms with E-state index in [1.807, 2.05) is 59.6 Å². The zero-order valence-corrected chi connectivity index (χ0v) is 21.8. The molecule has 0 saturated carbocycles. The van der Waals surface area contributed by atoms with Crippen LogP contribution in [0, 0.1) is 0 Å². The average molecular weight is 521 g/mol. The number of imidazole rings is 1. The number of ether oxygens (including phenoxy) is 1. The molecular weight excluding hydrogens is 488 g/mol. The van der Waals surface area contributed by atoms with Crippen molar-refractivity contribution in [3.05, 3.63) is 103 Å². The molecule has 0 spiro atoms. The first kappa shape index (κ1) is 25.1. The first-order valence-corrected chi connectivity index (χ1v) is 13.7. The maximum absolute atomic E-state index is 14.0. The first-order valence-electron chi connectivity index (χ1n) is 13.7. The lowest BCUT2D eigenvalue weighted by Crippen LogP contribution is -2.45. The van der Waals surface area contributed by atoms with Crippen LogP contribution in [0.25, 0.3) is 22.4 Å². The molecule has 3 atom stereocenters. The minimum atomic E-state index is -0.775. The molecule has 7 heteroatoms. The Hall–Kier alpha value is -4.23. The summed E-state index contributed by atoms with van der Waals surface area (Å²) in [6.07, 6.45) is 4.55. The molecule has 2 saturated heterocycles. The van der Waals surface area contributed by atoms with Gasteiger partial charge in [-0.3, -0.25) is 9.59 Å². The Morgan fingerprint density at radius 3 is 2.28 bits per heavy atom. The Labute approximate surface area is 228 Å².